The minimum atomic E-state index is 0.358. The first-order valence-corrected chi connectivity index (χ1v) is 7.83. The average Bonchev–Trinajstić information content (AvgIpc) is 2.51. The molecule has 1 heterocycles. The van der Waals surface area contributed by atoms with Gasteiger partial charge >= 0.3 is 0 Å². The number of nitrogens with zero attached hydrogens (tertiary/aromatic N) is 1. The number of hydrogen-bond donors (Lipinski definition) is 1. The van der Waals surface area contributed by atoms with Gasteiger partial charge in [0.1, 0.15) is 0 Å². The SMILES string of the molecule is Cc1ccccc1C(c1ccccc1)N1CCNC(C)C1. The van der Waals surface area contributed by atoms with E-state index >= 15 is 0 Å². The van der Waals surface area contributed by atoms with Gasteiger partial charge in [-0.1, -0.05) is 54.6 Å². The van der Waals surface area contributed by atoms with Crippen molar-refractivity contribution in [2.45, 2.75) is 25.9 Å². The lowest BCUT2D eigenvalue weighted by Gasteiger charge is -2.39. The molecule has 0 amide bonds. The zero-order valence-corrected chi connectivity index (χ0v) is 12.9. The van der Waals surface area contributed by atoms with Gasteiger partial charge in [0, 0.05) is 25.7 Å². The summed E-state index contributed by atoms with van der Waals surface area (Å²) in [6, 6.07) is 20.6. The Morgan fingerprint density at radius 3 is 2.48 bits per heavy atom. The lowest BCUT2D eigenvalue weighted by molar-refractivity contribution is 0.169. The van der Waals surface area contributed by atoms with Crippen molar-refractivity contribution in [3.8, 4) is 0 Å². The highest BCUT2D eigenvalue weighted by molar-refractivity contribution is 5.37. The molecule has 1 aliphatic heterocycles. The molecule has 0 bridgehead atoms. The Bertz CT molecular complexity index is 579. The standard InChI is InChI=1S/C19H24N2/c1-15-8-6-7-11-18(15)19(17-9-4-3-5-10-17)21-13-12-20-16(2)14-21/h3-11,16,19-20H,12-14H2,1-2H3. The molecule has 0 saturated carbocycles. The number of rotatable bonds is 3. The van der Waals surface area contributed by atoms with Crippen LogP contribution in [0.4, 0.5) is 0 Å². The Kier molecular flexibility index (Phi) is 4.37. The predicted molar refractivity (Wildman–Crippen MR) is 88.5 cm³/mol. The van der Waals surface area contributed by atoms with Crippen molar-refractivity contribution in [3.05, 3.63) is 71.3 Å². The van der Waals surface area contributed by atoms with E-state index in [4.69, 9.17) is 0 Å². The van der Waals surface area contributed by atoms with E-state index in [2.05, 4.69) is 78.7 Å². The number of benzene rings is 2. The summed E-state index contributed by atoms with van der Waals surface area (Å²) in [5, 5.41) is 3.54. The van der Waals surface area contributed by atoms with Gasteiger partial charge in [-0.2, -0.15) is 0 Å². The second kappa shape index (κ2) is 6.42. The Labute approximate surface area is 127 Å². The molecule has 1 saturated heterocycles. The monoisotopic (exact) mass is 280 g/mol. The second-order valence-electron chi connectivity index (χ2n) is 6.02. The van der Waals surface area contributed by atoms with Crippen LogP contribution in [0.25, 0.3) is 0 Å². The van der Waals surface area contributed by atoms with Crippen molar-refractivity contribution in [2.75, 3.05) is 19.6 Å². The van der Waals surface area contributed by atoms with Crippen molar-refractivity contribution in [3.63, 3.8) is 0 Å². The van der Waals surface area contributed by atoms with E-state index in [0.29, 0.717) is 12.1 Å². The largest absolute Gasteiger partial charge is 0.312 e. The average molecular weight is 280 g/mol. The third-order valence-electron chi connectivity index (χ3n) is 4.36. The van der Waals surface area contributed by atoms with Crippen LogP contribution in [0.5, 0.6) is 0 Å². The van der Waals surface area contributed by atoms with E-state index in [0.717, 1.165) is 19.6 Å². The molecule has 2 nitrogen and oxygen atoms in total. The Balaban J connectivity index is 2.01. The molecule has 0 aromatic heterocycles. The van der Waals surface area contributed by atoms with Crippen LogP contribution >= 0.6 is 0 Å². The molecule has 2 atom stereocenters. The smallest absolute Gasteiger partial charge is 0.0605 e. The molecule has 2 heteroatoms. The summed E-state index contributed by atoms with van der Waals surface area (Å²) in [5.41, 5.74) is 4.19. The van der Waals surface area contributed by atoms with Crippen LogP contribution < -0.4 is 5.32 Å². The number of hydrogen-bond acceptors (Lipinski definition) is 2. The summed E-state index contributed by atoms with van der Waals surface area (Å²) in [6.07, 6.45) is 0. The molecular formula is C19H24N2. The molecule has 1 fully saturated rings. The number of nitrogens with one attached hydrogen (secondary N) is 1. The van der Waals surface area contributed by atoms with E-state index in [1.54, 1.807) is 0 Å². The molecule has 1 N–H and O–H groups in total. The van der Waals surface area contributed by atoms with Crippen molar-refractivity contribution in [1.82, 2.24) is 10.2 Å². The van der Waals surface area contributed by atoms with Gasteiger partial charge in [0.25, 0.3) is 0 Å². The number of aryl methyl sites for hydroxylation is 1. The van der Waals surface area contributed by atoms with Crippen LogP contribution in [0, 0.1) is 6.92 Å². The highest BCUT2D eigenvalue weighted by atomic mass is 15.2. The van der Waals surface area contributed by atoms with E-state index in [9.17, 15) is 0 Å². The van der Waals surface area contributed by atoms with Gasteiger partial charge in [-0.05, 0) is 30.5 Å². The van der Waals surface area contributed by atoms with Gasteiger partial charge in [-0.3, -0.25) is 4.90 Å². The summed E-state index contributed by atoms with van der Waals surface area (Å²) in [7, 11) is 0. The quantitative estimate of drug-likeness (QED) is 0.927. The molecule has 0 aliphatic carbocycles. The van der Waals surface area contributed by atoms with Crippen LogP contribution in [-0.4, -0.2) is 30.6 Å². The maximum atomic E-state index is 3.54. The van der Waals surface area contributed by atoms with Crippen LogP contribution in [0.1, 0.15) is 29.7 Å². The van der Waals surface area contributed by atoms with Crippen molar-refractivity contribution in [1.29, 1.82) is 0 Å². The molecule has 3 rings (SSSR count). The molecule has 21 heavy (non-hydrogen) atoms. The van der Waals surface area contributed by atoms with Gasteiger partial charge in [-0.25, -0.2) is 0 Å². The fourth-order valence-corrected chi connectivity index (χ4v) is 3.31. The number of piperazine rings is 1. The Hall–Kier alpha value is -1.64. The van der Waals surface area contributed by atoms with Crippen LogP contribution in [0.2, 0.25) is 0 Å². The first kappa shape index (κ1) is 14.3. The fourth-order valence-electron chi connectivity index (χ4n) is 3.31. The molecule has 2 aromatic carbocycles. The van der Waals surface area contributed by atoms with Crippen molar-refractivity contribution >= 4 is 0 Å². The lowest BCUT2D eigenvalue weighted by atomic mass is 9.93. The Morgan fingerprint density at radius 2 is 1.76 bits per heavy atom. The van der Waals surface area contributed by atoms with Gasteiger partial charge in [0.2, 0.25) is 0 Å². The van der Waals surface area contributed by atoms with Crippen LogP contribution in [0.3, 0.4) is 0 Å². The van der Waals surface area contributed by atoms with Gasteiger partial charge in [-0.15, -0.1) is 0 Å². The minimum absolute atomic E-state index is 0.358. The van der Waals surface area contributed by atoms with Crippen molar-refractivity contribution in [2.24, 2.45) is 0 Å². The molecule has 2 unspecified atom stereocenters. The van der Waals surface area contributed by atoms with E-state index < -0.39 is 0 Å². The highest BCUT2D eigenvalue weighted by Crippen LogP contribution is 2.31. The summed E-state index contributed by atoms with van der Waals surface area (Å²) >= 11 is 0. The second-order valence-corrected chi connectivity index (χ2v) is 6.02. The summed E-state index contributed by atoms with van der Waals surface area (Å²) in [4.78, 5) is 2.61. The van der Waals surface area contributed by atoms with Crippen LogP contribution in [0.15, 0.2) is 54.6 Å². The minimum Gasteiger partial charge on any atom is -0.312 e. The normalized spacial score (nSPS) is 21.1. The lowest BCUT2D eigenvalue weighted by Crippen LogP contribution is -2.50. The zero-order valence-electron chi connectivity index (χ0n) is 12.9. The Morgan fingerprint density at radius 1 is 1.05 bits per heavy atom. The van der Waals surface area contributed by atoms with Gasteiger partial charge in [0.05, 0.1) is 6.04 Å². The topological polar surface area (TPSA) is 15.3 Å². The zero-order chi connectivity index (χ0) is 14.7. The molecule has 2 aromatic rings. The van der Waals surface area contributed by atoms with E-state index in [1.165, 1.54) is 16.7 Å². The van der Waals surface area contributed by atoms with E-state index in [1.807, 2.05) is 0 Å². The van der Waals surface area contributed by atoms with Crippen molar-refractivity contribution < 1.29 is 0 Å². The molecule has 1 aliphatic rings. The third-order valence-corrected chi connectivity index (χ3v) is 4.36. The summed E-state index contributed by atoms with van der Waals surface area (Å²) < 4.78 is 0. The predicted octanol–water partition coefficient (Wildman–Crippen LogP) is 3.38. The molecular weight excluding hydrogens is 256 g/mol. The third kappa shape index (κ3) is 3.17. The van der Waals surface area contributed by atoms with Gasteiger partial charge in [0.15, 0.2) is 0 Å². The van der Waals surface area contributed by atoms with Crippen LogP contribution in [-0.2, 0) is 0 Å². The summed E-state index contributed by atoms with van der Waals surface area (Å²) in [5.74, 6) is 0. The first-order valence-electron chi connectivity index (χ1n) is 7.83. The maximum Gasteiger partial charge on any atom is 0.0605 e. The van der Waals surface area contributed by atoms with Gasteiger partial charge < -0.3 is 5.32 Å². The maximum absolute atomic E-state index is 3.54. The van der Waals surface area contributed by atoms with E-state index in [-0.39, 0.29) is 0 Å². The molecule has 0 radical (unpaired) electrons. The molecule has 0 spiro atoms. The fraction of sp³-hybridized carbons (Fsp3) is 0.368. The molecule has 110 valence electrons. The summed E-state index contributed by atoms with van der Waals surface area (Å²) in [6.45, 7) is 7.74. The highest BCUT2D eigenvalue weighted by Gasteiger charge is 2.26. The first-order chi connectivity index (χ1) is 10.3.